The SMILES string of the molecule is C=CCNC(=O)c1ccccc1NC(=O)c1ccc(OCc2noc(C)n2)cc1. The highest BCUT2D eigenvalue weighted by atomic mass is 16.5. The number of anilines is 1. The number of nitrogens with one attached hydrogen (secondary N) is 2. The molecule has 1 aromatic heterocycles. The van der Waals surface area contributed by atoms with Crippen LogP contribution in [0.4, 0.5) is 5.69 Å². The summed E-state index contributed by atoms with van der Waals surface area (Å²) >= 11 is 0. The Morgan fingerprint density at radius 3 is 2.59 bits per heavy atom. The van der Waals surface area contributed by atoms with E-state index in [9.17, 15) is 9.59 Å². The third-order valence-electron chi connectivity index (χ3n) is 3.88. The first-order valence-corrected chi connectivity index (χ1v) is 8.88. The van der Waals surface area contributed by atoms with Crippen molar-refractivity contribution in [1.82, 2.24) is 15.5 Å². The average Bonchev–Trinajstić information content (AvgIpc) is 3.16. The summed E-state index contributed by atoms with van der Waals surface area (Å²) in [6.07, 6.45) is 1.59. The van der Waals surface area contributed by atoms with Gasteiger partial charge in [0.1, 0.15) is 5.75 Å². The van der Waals surface area contributed by atoms with Crippen molar-refractivity contribution in [3.8, 4) is 5.75 Å². The fraction of sp³-hybridized carbons (Fsp3) is 0.143. The Morgan fingerprint density at radius 2 is 1.90 bits per heavy atom. The first kappa shape index (κ1) is 19.8. The molecule has 0 bridgehead atoms. The number of aryl methyl sites for hydroxylation is 1. The first-order valence-electron chi connectivity index (χ1n) is 8.88. The second-order valence-corrected chi connectivity index (χ2v) is 6.04. The molecule has 0 aliphatic carbocycles. The van der Waals surface area contributed by atoms with Crippen molar-refractivity contribution in [2.24, 2.45) is 0 Å². The molecule has 3 aromatic rings. The number of ether oxygens (including phenoxy) is 1. The molecular formula is C21H20N4O4. The molecule has 1 heterocycles. The van der Waals surface area contributed by atoms with Gasteiger partial charge in [-0.1, -0.05) is 23.4 Å². The summed E-state index contributed by atoms with van der Waals surface area (Å²) < 4.78 is 10.4. The van der Waals surface area contributed by atoms with Gasteiger partial charge in [-0.25, -0.2) is 0 Å². The molecule has 8 nitrogen and oxygen atoms in total. The van der Waals surface area contributed by atoms with Gasteiger partial charge in [-0.15, -0.1) is 6.58 Å². The smallest absolute Gasteiger partial charge is 0.255 e. The molecule has 0 fully saturated rings. The second kappa shape index (κ2) is 9.32. The van der Waals surface area contributed by atoms with Crippen LogP contribution in [0, 0.1) is 6.92 Å². The largest absolute Gasteiger partial charge is 0.485 e. The predicted molar refractivity (Wildman–Crippen MR) is 107 cm³/mol. The molecule has 8 heteroatoms. The molecule has 0 aliphatic heterocycles. The van der Waals surface area contributed by atoms with E-state index < -0.39 is 0 Å². The van der Waals surface area contributed by atoms with E-state index in [1.807, 2.05) is 0 Å². The first-order chi connectivity index (χ1) is 14.1. The molecule has 29 heavy (non-hydrogen) atoms. The fourth-order valence-electron chi connectivity index (χ4n) is 2.50. The van der Waals surface area contributed by atoms with E-state index in [4.69, 9.17) is 9.26 Å². The third-order valence-corrected chi connectivity index (χ3v) is 3.88. The highest BCUT2D eigenvalue weighted by Gasteiger charge is 2.14. The van der Waals surface area contributed by atoms with Crippen LogP contribution in [0.15, 0.2) is 65.7 Å². The number of carbonyl (C=O) groups is 2. The maximum atomic E-state index is 12.6. The molecule has 2 aromatic carbocycles. The molecule has 0 radical (unpaired) electrons. The zero-order chi connectivity index (χ0) is 20.6. The number of benzene rings is 2. The maximum absolute atomic E-state index is 12.6. The molecule has 148 valence electrons. The van der Waals surface area contributed by atoms with E-state index in [-0.39, 0.29) is 18.4 Å². The van der Waals surface area contributed by atoms with Gasteiger partial charge in [0.05, 0.1) is 11.3 Å². The van der Waals surface area contributed by atoms with Gasteiger partial charge < -0.3 is 19.9 Å². The van der Waals surface area contributed by atoms with Crippen LogP contribution in [0.5, 0.6) is 5.75 Å². The van der Waals surface area contributed by atoms with E-state index in [0.29, 0.717) is 40.8 Å². The molecular weight excluding hydrogens is 372 g/mol. The van der Waals surface area contributed by atoms with Crippen molar-refractivity contribution >= 4 is 17.5 Å². The second-order valence-electron chi connectivity index (χ2n) is 6.04. The van der Waals surface area contributed by atoms with Crippen molar-refractivity contribution in [3.05, 3.63) is 84.0 Å². The zero-order valence-corrected chi connectivity index (χ0v) is 15.8. The highest BCUT2D eigenvalue weighted by molar-refractivity contribution is 6.09. The molecule has 3 rings (SSSR count). The van der Waals surface area contributed by atoms with E-state index >= 15 is 0 Å². The standard InChI is InChI=1S/C21H20N4O4/c1-3-12-22-21(27)17-6-4-5-7-18(17)24-20(26)15-8-10-16(11-9-15)28-13-19-23-14(2)29-25-19/h3-11H,1,12-13H2,2H3,(H,22,27)(H,24,26). The summed E-state index contributed by atoms with van der Waals surface area (Å²) in [5.74, 6) is 0.841. The van der Waals surface area contributed by atoms with Crippen LogP contribution in [0.25, 0.3) is 0 Å². The molecule has 0 atom stereocenters. The lowest BCUT2D eigenvalue weighted by atomic mass is 10.1. The number of hydrogen-bond donors (Lipinski definition) is 2. The Bertz CT molecular complexity index is 1010. The lowest BCUT2D eigenvalue weighted by Crippen LogP contribution is -2.25. The molecule has 2 amide bonds. The number of amides is 2. The van der Waals surface area contributed by atoms with Crippen molar-refractivity contribution in [2.45, 2.75) is 13.5 Å². The summed E-state index contributed by atoms with van der Waals surface area (Å²) in [5, 5.41) is 9.21. The van der Waals surface area contributed by atoms with Crippen LogP contribution in [-0.4, -0.2) is 28.5 Å². The molecule has 0 saturated heterocycles. The van der Waals surface area contributed by atoms with Gasteiger partial charge in [0.15, 0.2) is 6.61 Å². The minimum absolute atomic E-state index is 0.163. The Labute approximate surface area is 167 Å². The summed E-state index contributed by atoms with van der Waals surface area (Å²) in [4.78, 5) is 28.9. The minimum Gasteiger partial charge on any atom is -0.485 e. The Morgan fingerprint density at radius 1 is 1.14 bits per heavy atom. The summed E-state index contributed by atoms with van der Waals surface area (Å²) in [6, 6.07) is 13.4. The molecule has 2 N–H and O–H groups in total. The van der Waals surface area contributed by atoms with Crippen LogP contribution < -0.4 is 15.4 Å². The monoisotopic (exact) mass is 392 g/mol. The van der Waals surface area contributed by atoms with Gasteiger partial charge in [-0.05, 0) is 36.4 Å². The summed E-state index contributed by atoms with van der Waals surface area (Å²) in [5.41, 5.74) is 1.22. The van der Waals surface area contributed by atoms with Crippen molar-refractivity contribution in [1.29, 1.82) is 0 Å². The normalized spacial score (nSPS) is 10.2. The summed E-state index contributed by atoms with van der Waals surface area (Å²) in [6.45, 7) is 5.77. The predicted octanol–water partition coefficient (Wildman–Crippen LogP) is 3.13. The molecule has 0 aliphatic rings. The van der Waals surface area contributed by atoms with Gasteiger partial charge in [0.2, 0.25) is 11.7 Å². The molecule has 0 saturated carbocycles. The molecule has 0 spiro atoms. The zero-order valence-electron chi connectivity index (χ0n) is 15.8. The van der Waals surface area contributed by atoms with Gasteiger partial charge in [0.25, 0.3) is 11.8 Å². The van der Waals surface area contributed by atoms with Crippen LogP contribution in [0.1, 0.15) is 32.4 Å². The lowest BCUT2D eigenvalue weighted by molar-refractivity contribution is 0.0959. The van der Waals surface area contributed by atoms with Crippen LogP contribution >= 0.6 is 0 Å². The Balaban J connectivity index is 1.64. The Kier molecular flexibility index (Phi) is 6.36. The van der Waals surface area contributed by atoms with E-state index in [2.05, 4.69) is 27.4 Å². The van der Waals surface area contributed by atoms with Gasteiger partial charge in [0, 0.05) is 19.0 Å². The summed E-state index contributed by atoms with van der Waals surface area (Å²) in [7, 11) is 0. The topological polar surface area (TPSA) is 106 Å². The third kappa shape index (κ3) is 5.29. The number of nitrogens with zero attached hydrogens (tertiary/aromatic N) is 2. The average molecular weight is 392 g/mol. The van der Waals surface area contributed by atoms with Gasteiger partial charge in [-0.2, -0.15) is 4.98 Å². The van der Waals surface area contributed by atoms with Gasteiger partial charge >= 0.3 is 0 Å². The van der Waals surface area contributed by atoms with Crippen LogP contribution in [0.2, 0.25) is 0 Å². The number of rotatable bonds is 8. The molecule has 0 unspecified atom stereocenters. The number of aromatic nitrogens is 2. The number of para-hydroxylation sites is 1. The quantitative estimate of drug-likeness (QED) is 0.571. The van der Waals surface area contributed by atoms with Crippen molar-refractivity contribution in [2.75, 3.05) is 11.9 Å². The maximum Gasteiger partial charge on any atom is 0.255 e. The van der Waals surface area contributed by atoms with Crippen molar-refractivity contribution in [3.63, 3.8) is 0 Å². The van der Waals surface area contributed by atoms with Crippen LogP contribution in [0.3, 0.4) is 0 Å². The van der Waals surface area contributed by atoms with E-state index in [0.717, 1.165) is 0 Å². The van der Waals surface area contributed by atoms with E-state index in [1.165, 1.54) is 0 Å². The van der Waals surface area contributed by atoms with E-state index in [1.54, 1.807) is 61.5 Å². The lowest BCUT2D eigenvalue weighted by Gasteiger charge is -2.11. The Hall–Kier alpha value is -3.94. The van der Waals surface area contributed by atoms with Crippen LogP contribution in [-0.2, 0) is 6.61 Å². The number of hydrogen-bond acceptors (Lipinski definition) is 6. The number of carbonyl (C=O) groups excluding carboxylic acids is 2. The van der Waals surface area contributed by atoms with Crippen molar-refractivity contribution < 1.29 is 18.8 Å². The fourth-order valence-corrected chi connectivity index (χ4v) is 2.50. The minimum atomic E-state index is -0.339. The highest BCUT2D eigenvalue weighted by Crippen LogP contribution is 2.18. The van der Waals surface area contributed by atoms with Gasteiger partial charge in [-0.3, -0.25) is 9.59 Å².